The summed E-state index contributed by atoms with van der Waals surface area (Å²) in [6, 6.07) is 12.1. The molecule has 2 aromatic carbocycles. The van der Waals surface area contributed by atoms with Gasteiger partial charge in [0.15, 0.2) is 11.5 Å². The number of rotatable bonds is 5. The Morgan fingerprint density at radius 1 is 1.04 bits per heavy atom. The van der Waals surface area contributed by atoms with Crippen LogP contribution in [0.5, 0.6) is 11.5 Å². The van der Waals surface area contributed by atoms with Crippen LogP contribution in [0.2, 0.25) is 10.0 Å². The minimum atomic E-state index is -3.61. The Bertz CT molecular complexity index is 821. The second-order valence-electron chi connectivity index (χ2n) is 5.31. The lowest BCUT2D eigenvalue weighted by Crippen LogP contribution is -2.41. The summed E-state index contributed by atoms with van der Waals surface area (Å²) in [6.07, 6.45) is -0.406. The fourth-order valence-electron chi connectivity index (χ4n) is 2.29. The topological polar surface area (TPSA) is 64.6 Å². The summed E-state index contributed by atoms with van der Waals surface area (Å²) < 4.78 is 38.3. The van der Waals surface area contributed by atoms with Gasteiger partial charge in [-0.2, -0.15) is 0 Å². The smallest absolute Gasteiger partial charge is 0.216 e. The molecule has 8 heteroatoms. The summed E-state index contributed by atoms with van der Waals surface area (Å²) in [4.78, 5) is 0. The number of nitrogens with one attached hydrogen (secondary N) is 1. The SMILES string of the molecule is O=S(=O)(Cc1c(Cl)cccc1Cl)NC[C@@H]1COc2ccccc2O1. The number of hydrogen-bond donors (Lipinski definition) is 1. The number of benzene rings is 2. The Hall–Kier alpha value is -1.47. The lowest BCUT2D eigenvalue weighted by molar-refractivity contribution is 0.0943. The molecular weight excluding hydrogens is 373 g/mol. The molecule has 1 atom stereocenters. The van der Waals surface area contributed by atoms with Gasteiger partial charge in [0.05, 0.1) is 12.3 Å². The number of para-hydroxylation sites is 2. The van der Waals surface area contributed by atoms with E-state index < -0.39 is 16.1 Å². The van der Waals surface area contributed by atoms with Crippen LogP contribution in [0, 0.1) is 0 Å². The molecule has 0 saturated carbocycles. The minimum Gasteiger partial charge on any atom is -0.486 e. The van der Waals surface area contributed by atoms with E-state index in [0.717, 1.165) is 0 Å². The molecule has 0 spiro atoms. The van der Waals surface area contributed by atoms with Crippen LogP contribution in [0.3, 0.4) is 0 Å². The number of sulfonamides is 1. The Morgan fingerprint density at radius 2 is 1.71 bits per heavy atom. The molecule has 0 fully saturated rings. The highest BCUT2D eigenvalue weighted by Gasteiger charge is 2.23. The highest BCUT2D eigenvalue weighted by Crippen LogP contribution is 2.31. The standard InChI is InChI=1S/C16H15Cl2NO4S/c17-13-4-3-5-14(18)12(13)10-24(20,21)19-8-11-9-22-15-6-1-2-7-16(15)23-11/h1-7,11,19H,8-10H2/t11-/m1/s1. The van der Waals surface area contributed by atoms with E-state index in [-0.39, 0.29) is 18.9 Å². The third-order valence-corrected chi connectivity index (χ3v) is 5.48. The van der Waals surface area contributed by atoms with Crippen molar-refractivity contribution >= 4 is 33.2 Å². The van der Waals surface area contributed by atoms with Crippen LogP contribution in [0.1, 0.15) is 5.56 Å². The first-order valence-electron chi connectivity index (χ1n) is 7.23. The second-order valence-corrected chi connectivity index (χ2v) is 7.93. The van der Waals surface area contributed by atoms with E-state index >= 15 is 0 Å². The maximum absolute atomic E-state index is 12.3. The molecule has 24 heavy (non-hydrogen) atoms. The van der Waals surface area contributed by atoms with E-state index in [4.69, 9.17) is 32.7 Å². The predicted molar refractivity (Wildman–Crippen MR) is 93.4 cm³/mol. The van der Waals surface area contributed by atoms with E-state index in [1.54, 1.807) is 30.3 Å². The zero-order valence-corrected chi connectivity index (χ0v) is 14.9. The number of hydrogen-bond acceptors (Lipinski definition) is 4. The zero-order valence-electron chi connectivity index (χ0n) is 12.5. The van der Waals surface area contributed by atoms with Gasteiger partial charge < -0.3 is 9.47 Å². The summed E-state index contributed by atoms with van der Waals surface area (Å²) in [6.45, 7) is 0.366. The highest BCUT2D eigenvalue weighted by atomic mass is 35.5. The Labute approximate surface area is 150 Å². The molecule has 1 heterocycles. The maximum Gasteiger partial charge on any atom is 0.216 e. The fourth-order valence-corrected chi connectivity index (χ4v) is 4.22. The van der Waals surface area contributed by atoms with Crippen LogP contribution >= 0.6 is 23.2 Å². The van der Waals surface area contributed by atoms with Crippen LogP contribution in [-0.2, 0) is 15.8 Å². The Kier molecular flexibility index (Phi) is 5.20. The molecule has 1 N–H and O–H groups in total. The van der Waals surface area contributed by atoms with E-state index in [0.29, 0.717) is 27.1 Å². The lowest BCUT2D eigenvalue weighted by atomic mass is 10.2. The van der Waals surface area contributed by atoms with Crippen molar-refractivity contribution in [3.63, 3.8) is 0 Å². The van der Waals surface area contributed by atoms with E-state index in [1.807, 2.05) is 12.1 Å². The monoisotopic (exact) mass is 387 g/mol. The van der Waals surface area contributed by atoms with Crippen LogP contribution in [-0.4, -0.2) is 27.7 Å². The lowest BCUT2D eigenvalue weighted by Gasteiger charge is -2.26. The molecule has 1 aliphatic heterocycles. The third-order valence-electron chi connectivity index (χ3n) is 3.49. The summed E-state index contributed by atoms with van der Waals surface area (Å²) in [7, 11) is -3.61. The van der Waals surface area contributed by atoms with Gasteiger partial charge in [0, 0.05) is 15.6 Å². The van der Waals surface area contributed by atoms with Crippen LogP contribution in [0.15, 0.2) is 42.5 Å². The van der Waals surface area contributed by atoms with Crippen molar-refractivity contribution in [2.45, 2.75) is 11.9 Å². The fraction of sp³-hybridized carbons (Fsp3) is 0.250. The van der Waals surface area contributed by atoms with Crippen molar-refractivity contribution in [1.82, 2.24) is 4.72 Å². The van der Waals surface area contributed by atoms with E-state index in [9.17, 15) is 8.42 Å². The van der Waals surface area contributed by atoms with Gasteiger partial charge >= 0.3 is 0 Å². The molecule has 0 aliphatic carbocycles. The van der Waals surface area contributed by atoms with Crippen molar-refractivity contribution in [3.05, 3.63) is 58.1 Å². The highest BCUT2D eigenvalue weighted by molar-refractivity contribution is 7.88. The summed E-state index contributed by atoms with van der Waals surface area (Å²) in [5.41, 5.74) is 0.375. The molecular formula is C16H15Cl2NO4S. The van der Waals surface area contributed by atoms with Crippen LogP contribution < -0.4 is 14.2 Å². The zero-order chi connectivity index (χ0) is 17.2. The molecule has 0 saturated heterocycles. The Balaban J connectivity index is 1.62. The van der Waals surface area contributed by atoms with E-state index in [1.165, 1.54) is 0 Å². The van der Waals surface area contributed by atoms with Gasteiger partial charge in [-0.1, -0.05) is 41.4 Å². The molecule has 0 unspecified atom stereocenters. The molecule has 0 bridgehead atoms. The number of ether oxygens (including phenoxy) is 2. The van der Waals surface area contributed by atoms with Crippen LogP contribution in [0.25, 0.3) is 0 Å². The molecule has 5 nitrogen and oxygen atoms in total. The first-order valence-corrected chi connectivity index (χ1v) is 9.64. The van der Waals surface area contributed by atoms with Gasteiger partial charge in [0.25, 0.3) is 0 Å². The molecule has 3 rings (SSSR count). The van der Waals surface area contributed by atoms with Crippen molar-refractivity contribution in [2.24, 2.45) is 0 Å². The summed E-state index contributed by atoms with van der Waals surface area (Å²) in [5.74, 6) is 0.955. The normalized spacial score (nSPS) is 16.8. The molecule has 128 valence electrons. The average Bonchev–Trinajstić information content (AvgIpc) is 2.56. The average molecular weight is 388 g/mol. The molecule has 1 aliphatic rings. The van der Waals surface area contributed by atoms with Crippen molar-refractivity contribution < 1.29 is 17.9 Å². The van der Waals surface area contributed by atoms with Crippen molar-refractivity contribution in [1.29, 1.82) is 0 Å². The Morgan fingerprint density at radius 3 is 2.42 bits per heavy atom. The quantitative estimate of drug-likeness (QED) is 0.854. The van der Waals surface area contributed by atoms with Gasteiger partial charge in [-0.05, 0) is 24.3 Å². The maximum atomic E-state index is 12.3. The summed E-state index contributed by atoms with van der Waals surface area (Å²) >= 11 is 12.0. The first kappa shape index (κ1) is 17.4. The van der Waals surface area contributed by atoms with Gasteiger partial charge in [0.2, 0.25) is 10.0 Å². The van der Waals surface area contributed by atoms with Crippen molar-refractivity contribution in [3.8, 4) is 11.5 Å². The molecule has 2 aromatic rings. The van der Waals surface area contributed by atoms with Gasteiger partial charge in [0.1, 0.15) is 12.7 Å². The van der Waals surface area contributed by atoms with Crippen molar-refractivity contribution in [2.75, 3.05) is 13.2 Å². The first-order chi connectivity index (χ1) is 11.4. The summed E-state index contributed by atoms with van der Waals surface area (Å²) in [5, 5.41) is 0.637. The van der Waals surface area contributed by atoms with E-state index in [2.05, 4.69) is 4.72 Å². The van der Waals surface area contributed by atoms with Crippen LogP contribution in [0.4, 0.5) is 0 Å². The number of halogens is 2. The van der Waals surface area contributed by atoms with Gasteiger partial charge in [-0.25, -0.2) is 13.1 Å². The second kappa shape index (κ2) is 7.19. The number of fused-ring (bicyclic) bond motifs is 1. The predicted octanol–water partition coefficient (Wildman–Crippen LogP) is 3.25. The third kappa shape index (κ3) is 4.13. The minimum absolute atomic E-state index is 0.0960. The molecule has 0 radical (unpaired) electrons. The van der Waals surface area contributed by atoms with Gasteiger partial charge in [-0.3, -0.25) is 0 Å². The van der Waals surface area contributed by atoms with Gasteiger partial charge in [-0.15, -0.1) is 0 Å². The molecule has 0 amide bonds. The largest absolute Gasteiger partial charge is 0.486 e. The molecule has 0 aromatic heterocycles.